The molecule has 0 unspecified atom stereocenters. The summed E-state index contributed by atoms with van der Waals surface area (Å²) in [6, 6.07) is 0. The number of anilines is 2. The summed E-state index contributed by atoms with van der Waals surface area (Å²) in [5, 5.41) is 2.60. The van der Waals surface area contributed by atoms with Crippen LogP contribution in [0.5, 0.6) is 0 Å². The summed E-state index contributed by atoms with van der Waals surface area (Å²) in [4.78, 5) is 22.2. The van der Waals surface area contributed by atoms with Gasteiger partial charge in [0.25, 0.3) is 10.9 Å². The Labute approximate surface area is 90.2 Å². The summed E-state index contributed by atoms with van der Waals surface area (Å²) in [7, 11) is 0.148. The van der Waals surface area contributed by atoms with Gasteiger partial charge in [-0.25, -0.2) is 4.21 Å². The Morgan fingerprint density at radius 2 is 1.53 bits per heavy atom. The molecule has 1 aromatic rings. The van der Waals surface area contributed by atoms with E-state index in [2.05, 4.69) is 10.0 Å². The van der Waals surface area contributed by atoms with Crippen LogP contribution in [0.4, 0.5) is 11.4 Å². The van der Waals surface area contributed by atoms with Crippen LogP contribution < -0.4 is 20.9 Å². The average molecular weight is 230 g/mol. The van der Waals surface area contributed by atoms with Gasteiger partial charge in [0, 0.05) is 7.05 Å². The smallest absolute Gasteiger partial charge is 0.254 e. The molecule has 1 rings (SSSR count). The molecule has 0 saturated carbocycles. The maximum absolute atomic E-state index is 11.7. The van der Waals surface area contributed by atoms with Crippen molar-refractivity contribution >= 4 is 22.4 Å². The third-order valence-electron chi connectivity index (χ3n) is 1.91. The van der Waals surface area contributed by atoms with Gasteiger partial charge in [-0.15, -0.1) is 0 Å². The van der Waals surface area contributed by atoms with E-state index in [1.807, 2.05) is 0 Å². The highest BCUT2D eigenvalue weighted by atomic mass is 32.2. The third-order valence-corrected chi connectivity index (χ3v) is 3.41. The highest BCUT2D eigenvalue weighted by Crippen LogP contribution is 2.18. The zero-order valence-electron chi connectivity index (χ0n) is 9.13. The molecular weight excluding hydrogens is 216 g/mol. The van der Waals surface area contributed by atoms with E-state index in [1.54, 1.807) is 27.8 Å². The maximum Gasteiger partial charge on any atom is 0.254 e. The molecule has 1 atom stereocenters. The quantitative estimate of drug-likeness (QED) is 0.727. The lowest BCUT2D eigenvalue weighted by molar-refractivity contribution is 0.653. The van der Waals surface area contributed by atoms with Gasteiger partial charge >= 0.3 is 0 Å². The summed E-state index contributed by atoms with van der Waals surface area (Å²) in [6.07, 6.45) is 0. The standard InChI is InChI=1S/C9H14N2O3S/c1-9(2,3)15(14)11-6-5(10-4)7(12)8(6)13/h10-11H,1-4H3/t15-/m1/s1. The molecule has 0 aliphatic carbocycles. The largest absolute Gasteiger partial charge is 0.383 e. The Kier molecular flexibility index (Phi) is 2.99. The van der Waals surface area contributed by atoms with E-state index >= 15 is 0 Å². The molecule has 1 aromatic carbocycles. The van der Waals surface area contributed by atoms with Crippen LogP contribution in [0.1, 0.15) is 20.8 Å². The van der Waals surface area contributed by atoms with Crippen LogP contribution in [-0.2, 0) is 11.0 Å². The van der Waals surface area contributed by atoms with Gasteiger partial charge in [-0.1, -0.05) is 0 Å². The van der Waals surface area contributed by atoms with Gasteiger partial charge in [-0.3, -0.25) is 14.3 Å². The molecule has 0 fully saturated rings. The molecule has 0 heterocycles. The van der Waals surface area contributed by atoms with Crippen LogP contribution in [0, 0.1) is 0 Å². The fraction of sp³-hybridized carbons (Fsp3) is 0.556. The fourth-order valence-electron chi connectivity index (χ4n) is 0.973. The zero-order chi connectivity index (χ0) is 11.8. The number of hydrogen-bond donors (Lipinski definition) is 2. The topological polar surface area (TPSA) is 75.3 Å². The summed E-state index contributed by atoms with van der Waals surface area (Å²) >= 11 is 0. The van der Waals surface area contributed by atoms with Crippen LogP contribution in [0.2, 0.25) is 0 Å². The second-order valence-corrected chi connectivity index (χ2v) is 6.11. The first-order chi connectivity index (χ1) is 6.79. The van der Waals surface area contributed by atoms with Crippen molar-refractivity contribution in [1.82, 2.24) is 0 Å². The Morgan fingerprint density at radius 1 is 1.07 bits per heavy atom. The minimum Gasteiger partial charge on any atom is -0.383 e. The van der Waals surface area contributed by atoms with E-state index in [4.69, 9.17) is 0 Å². The van der Waals surface area contributed by atoms with E-state index in [1.165, 1.54) is 0 Å². The van der Waals surface area contributed by atoms with Crippen molar-refractivity contribution in [2.75, 3.05) is 17.1 Å². The number of nitrogens with one attached hydrogen (secondary N) is 2. The van der Waals surface area contributed by atoms with Gasteiger partial charge < -0.3 is 5.32 Å². The average Bonchev–Trinajstić information content (AvgIpc) is 2.15. The minimum absolute atomic E-state index is 0.121. The molecule has 15 heavy (non-hydrogen) atoms. The van der Waals surface area contributed by atoms with Gasteiger partial charge in [0.2, 0.25) is 0 Å². The predicted molar refractivity (Wildman–Crippen MR) is 62.4 cm³/mol. The second kappa shape index (κ2) is 3.77. The summed E-state index contributed by atoms with van der Waals surface area (Å²) in [6.45, 7) is 5.34. The molecule has 6 heteroatoms. The van der Waals surface area contributed by atoms with Crippen molar-refractivity contribution in [3.8, 4) is 0 Å². The number of hydrogen-bond acceptors (Lipinski definition) is 4. The SMILES string of the molecule is CNc1c(N[S@](=O)C(C)(C)C)c(=O)c1=O. The molecule has 2 N–H and O–H groups in total. The maximum atomic E-state index is 11.7. The molecule has 0 spiro atoms. The Morgan fingerprint density at radius 3 is 1.93 bits per heavy atom. The third kappa shape index (κ3) is 2.09. The molecule has 0 bridgehead atoms. The Hall–Kier alpha value is -1.17. The van der Waals surface area contributed by atoms with Crippen molar-refractivity contribution < 1.29 is 4.21 Å². The molecule has 84 valence electrons. The molecule has 0 amide bonds. The Balaban J connectivity index is 2.93. The molecule has 5 nitrogen and oxygen atoms in total. The van der Waals surface area contributed by atoms with Gasteiger partial charge in [0.15, 0.2) is 0 Å². The molecule has 0 aliphatic heterocycles. The summed E-state index contributed by atoms with van der Waals surface area (Å²) in [5.41, 5.74) is -0.851. The Bertz CT molecular complexity index is 466. The van der Waals surface area contributed by atoms with Gasteiger partial charge in [0.1, 0.15) is 22.4 Å². The van der Waals surface area contributed by atoms with E-state index < -0.39 is 26.6 Å². The molecule has 0 radical (unpaired) electrons. The second-order valence-electron chi connectivity index (χ2n) is 4.14. The van der Waals surface area contributed by atoms with Crippen LogP contribution in [0.25, 0.3) is 0 Å². The first-order valence-electron chi connectivity index (χ1n) is 4.48. The van der Waals surface area contributed by atoms with E-state index in [0.717, 1.165) is 0 Å². The van der Waals surface area contributed by atoms with Crippen molar-refractivity contribution in [3.05, 3.63) is 20.4 Å². The van der Waals surface area contributed by atoms with E-state index in [0.29, 0.717) is 0 Å². The lowest BCUT2D eigenvalue weighted by Gasteiger charge is -2.20. The first-order valence-corrected chi connectivity index (χ1v) is 5.63. The van der Waals surface area contributed by atoms with Crippen LogP contribution in [0.15, 0.2) is 9.59 Å². The minimum atomic E-state index is -1.39. The zero-order valence-corrected chi connectivity index (χ0v) is 9.95. The van der Waals surface area contributed by atoms with Gasteiger partial charge in [-0.05, 0) is 20.8 Å². The van der Waals surface area contributed by atoms with Gasteiger partial charge in [0.05, 0.1) is 4.75 Å². The van der Waals surface area contributed by atoms with Crippen LogP contribution >= 0.6 is 0 Å². The molecule has 0 saturated heterocycles. The highest BCUT2D eigenvalue weighted by molar-refractivity contribution is 7.87. The van der Waals surface area contributed by atoms with Crippen molar-refractivity contribution in [1.29, 1.82) is 0 Å². The van der Waals surface area contributed by atoms with Crippen LogP contribution in [0.3, 0.4) is 0 Å². The highest BCUT2D eigenvalue weighted by Gasteiger charge is 2.26. The van der Waals surface area contributed by atoms with Gasteiger partial charge in [-0.2, -0.15) is 0 Å². The van der Waals surface area contributed by atoms with Crippen LogP contribution in [-0.4, -0.2) is 16.0 Å². The molecule has 0 aromatic heterocycles. The van der Waals surface area contributed by atoms with E-state index in [-0.39, 0.29) is 11.4 Å². The monoisotopic (exact) mass is 230 g/mol. The first kappa shape index (κ1) is 11.9. The number of rotatable bonds is 3. The predicted octanol–water partition coefficient (Wildman–Crippen LogP) is 0.198. The summed E-state index contributed by atoms with van der Waals surface area (Å²) in [5.74, 6) is 0. The lowest BCUT2D eigenvalue weighted by atomic mass is 10.2. The van der Waals surface area contributed by atoms with Crippen molar-refractivity contribution in [2.24, 2.45) is 0 Å². The van der Waals surface area contributed by atoms with E-state index in [9.17, 15) is 13.8 Å². The van der Waals surface area contributed by atoms with Crippen molar-refractivity contribution in [3.63, 3.8) is 0 Å². The molecule has 0 aliphatic rings. The summed E-state index contributed by atoms with van der Waals surface area (Å²) < 4.78 is 13.7. The normalized spacial score (nSPS) is 13.9. The fourth-order valence-corrected chi connectivity index (χ4v) is 1.66. The molecular formula is C9H14N2O3S. The van der Waals surface area contributed by atoms with Crippen molar-refractivity contribution in [2.45, 2.75) is 25.5 Å². The lowest BCUT2D eigenvalue weighted by Crippen LogP contribution is -2.39.